The highest BCUT2D eigenvalue weighted by atomic mass is 32.1. The van der Waals surface area contributed by atoms with Gasteiger partial charge < -0.3 is 11.1 Å². The summed E-state index contributed by atoms with van der Waals surface area (Å²) >= 11 is 1.52. The first-order chi connectivity index (χ1) is 7.75. The topological polar surface area (TPSA) is 68.0 Å². The number of hydrogen-bond donors (Lipinski definition) is 2. The number of aromatic nitrogens is 1. The van der Waals surface area contributed by atoms with E-state index in [0.717, 1.165) is 5.01 Å². The number of rotatable bonds is 3. The minimum atomic E-state index is -0.116. The molecule has 0 unspecified atom stereocenters. The lowest BCUT2D eigenvalue weighted by Gasteiger charge is -2.03. The van der Waals surface area contributed by atoms with Gasteiger partial charge in [0, 0.05) is 22.8 Å². The number of benzene rings is 1. The summed E-state index contributed by atoms with van der Waals surface area (Å²) in [6, 6.07) is 6.82. The number of thiazole rings is 1. The lowest BCUT2D eigenvalue weighted by atomic mass is 10.2. The van der Waals surface area contributed by atoms with Crippen molar-refractivity contribution in [3.63, 3.8) is 0 Å². The molecular formula is C11H11N3OS. The van der Waals surface area contributed by atoms with Gasteiger partial charge in [-0.15, -0.1) is 11.3 Å². The van der Waals surface area contributed by atoms with Gasteiger partial charge in [0.15, 0.2) is 0 Å². The highest BCUT2D eigenvalue weighted by molar-refractivity contribution is 7.09. The van der Waals surface area contributed by atoms with E-state index in [1.54, 1.807) is 30.5 Å². The molecule has 0 spiro atoms. The summed E-state index contributed by atoms with van der Waals surface area (Å²) in [5.74, 6) is -0.116. The van der Waals surface area contributed by atoms with Crippen LogP contribution in [0.4, 0.5) is 5.69 Å². The van der Waals surface area contributed by atoms with Crippen LogP contribution in [0.15, 0.2) is 35.8 Å². The molecule has 1 aromatic carbocycles. The molecule has 0 saturated carbocycles. The molecule has 16 heavy (non-hydrogen) atoms. The number of hydrogen-bond acceptors (Lipinski definition) is 4. The van der Waals surface area contributed by atoms with Crippen molar-refractivity contribution in [2.45, 2.75) is 6.54 Å². The Labute approximate surface area is 97.1 Å². The molecule has 0 aliphatic heterocycles. The highest BCUT2D eigenvalue weighted by Gasteiger charge is 2.05. The maximum atomic E-state index is 11.7. The molecule has 1 heterocycles. The summed E-state index contributed by atoms with van der Waals surface area (Å²) in [6.45, 7) is 0.459. The molecule has 4 nitrogen and oxygen atoms in total. The SMILES string of the molecule is Nc1ccc(C(=O)NCc2nccs2)cc1. The van der Waals surface area contributed by atoms with Crippen LogP contribution in [0, 0.1) is 0 Å². The van der Waals surface area contributed by atoms with Crippen molar-refractivity contribution >= 4 is 22.9 Å². The minimum Gasteiger partial charge on any atom is -0.399 e. The van der Waals surface area contributed by atoms with Crippen LogP contribution in [0.1, 0.15) is 15.4 Å². The lowest BCUT2D eigenvalue weighted by molar-refractivity contribution is 0.0951. The predicted octanol–water partition coefficient (Wildman–Crippen LogP) is 1.66. The Balaban J connectivity index is 1.95. The summed E-state index contributed by atoms with van der Waals surface area (Å²) in [4.78, 5) is 15.8. The number of carbonyl (C=O) groups is 1. The molecule has 0 radical (unpaired) electrons. The Morgan fingerprint density at radius 3 is 2.75 bits per heavy atom. The molecule has 0 saturated heterocycles. The van der Waals surface area contributed by atoms with Gasteiger partial charge in [-0.25, -0.2) is 4.98 Å². The Hall–Kier alpha value is -1.88. The number of anilines is 1. The number of nitrogens with zero attached hydrogens (tertiary/aromatic N) is 1. The molecule has 82 valence electrons. The van der Waals surface area contributed by atoms with E-state index in [0.29, 0.717) is 17.8 Å². The van der Waals surface area contributed by atoms with Crippen LogP contribution in [0.3, 0.4) is 0 Å². The van der Waals surface area contributed by atoms with Crippen LogP contribution in [0.5, 0.6) is 0 Å². The van der Waals surface area contributed by atoms with Crippen molar-refractivity contribution in [2.75, 3.05) is 5.73 Å². The van der Waals surface area contributed by atoms with Crippen LogP contribution in [0.2, 0.25) is 0 Å². The fourth-order valence-electron chi connectivity index (χ4n) is 1.23. The van der Waals surface area contributed by atoms with Crippen molar-refractivity contribution in [1.29, 1.82) is 0 Å². The normalized spacial score (nSPS) is 10.0. The zero-order chi connectivity index (χ0) is 11.4. The molecular weight excluding hydrogens is 222 g/mol. The monoisotopic (exact) mass is 233 g/mol. The fourth-order valence-corrected chi connectivity index (χ4v) is 1.79. The summed E-state index contributed by atoms with van der Waals surface area (Å²) in [6.07, 6.45) is 1.72. The average Bonchev–Trinajstić information content (AvgIpc) is 2.80. The number of carbonyl (C=O) groups excluding carboxylic acids is 1. The molecule has 2 rings (SSSR count). The molecule has 3 N–H and O–H groups in total. The third-order valence-electron chi connectivity index (χ3n) is 2.06. The maximum absolute atomic E-state index is 11.7. The van der Waals surface area contributed by atoms with Crippen LogP contribution >= 0.6 is 11.3 Å². The van der Waals surface area contributed by atoms with Crippen molar-refractivity contribution in [2.24, 2.45) is 0 Å². The summed E-state index contributed by atoms with van der Waals surface area (Å²) in [7, 11) is 0. The molecule has 2 aromatic rings. The van der Waals surface area contributed by atoms with E-state index in [1.165, 1.54) is 11.3 Å². The second kappa shape index (κ2) is 4.76. The quantitative estimate of drug-likeness (QED) is 0.792. The zero-order valence-corrected chi connectivity index (χ0v) is 9.33. The van der Waals surface area contributed by atoms with Crippen LogP contribution in [-0.4, -0.2) is 10.9 Å². The van der Waals surface area contributed by atoms with Gasteiger partial charge in [0.25, 0.3) is 5.91 Å². The highest BCUT2D eigenvalue weighted by Crippen LogP contribution is 2.06. The van der Waals surface area contributed by atoms with Gasteiger partial charge >= 0.3 is 0 Å². The third kappa shape index (κ3) is 2.58. The van der Waals surface area contributed by atoms with E-state index in [1.807, 2.05) is 5.38 Å². The molecule has 0 aliphatic carbocycles. The third-order valence-corrected chi connectivity index (χ3v) is 2.84. The number of nitrogens with one attached hydrogen (secondary N) is 1. The van der Waals surface area contributed by atoms with Crippen molar-refractivity contribution < 1.29 is 4.79 Å². The van der Waals surface area contributed by atoms with E-state index in [2.05, 4.69) is 10.3 Å². The molecule has 0 fully saturated rings. The Morgan fingerprint density at radius 1 is 1.38 bits per heavy atom. The zero-order valence-electron chi connectivity index (χ0n) is 8.51. The number of nitrogens with two attached hydrogens (primary N) is 1. The van der Waals surface area contributed by atoms with E-state index in [-0.39, 0.29) is 5.91 Å². The maximum Gasteiger partial charge on any atom is 0.251 e. The van der Waals surface area contributed by atoms with E-state index in [9.17, 15) is 4.79 Å². The largest absolute Gasteiger partial charge is 0.399 e. The van der Waals surface area contributed by atoms with Gasteiger partial charge in [0.05, 0.1) is 6.54 Å². The first kappa shape index (κ1) is 10.6. The molecule has 5 heteroatoms. The van der Waals surface area contributed by atoms with Gasteiger partial charge in [0.1, 0.15) is 5.01 Å². The second-order valence-electron chi connectivity index (χ2n) is 3.23. The molecule has 1 aromatic heterocycles. The van der Waals surface area contributed by atoms with E-state index >= 15 is 0 Å². The van der Waals surface area contributed by atoms with Crippen molar-refractivity contribution in [1.82, 2.24) is 10.3 Å². The molecule has 0 atom stereocenters. The second-order valence-corrected chi connectivity index (χ2v) is 4.21. The lowest BCUT2D eigenvalue weighted by Crippen LogP contribution is -2.22. The summed E-state index contributed by atoms with van der Waals surface area (Å²) in [5.41, 5.74) is 6.79. The summed E-state index contributed by atoms with van der Waals surface area (Å²) < 4.78 is 0. The van der Waals surface area contributed by atoms with Gasteiger partial charge in [-0.05, 0) is 24.3 Å². The average molecular weight is 233 g/mol. The smallest absolute Gasteiger partial charge is 0.251 e. The van der Waals surface area contributed by atoms with Crippen LogP contribution in [0.25, 0.3) is 0 Å². The standard InChI is InChI=1S/C11H11N3OS/c12-9-3-1-8(2-4-9)11(15)14-7-10-13-5-6-16-10/h1-6H,7,12H2,(H,14,15). The first-order valence-corrected chi connectivity index (χ1v) is 5.66. The number of nitrogen functional groups attached to an aromatic ring is 1. The van der Waals surface area contributed by atoms with E-state index < -0.39 is 0 Å². The van der Waals surface area contributed by atoms with Gasteiger partial charge in [-0.2, -0.15) is 0 Å². The molecule has 1 amide bonds. The van der Waals surface area contributed by atoms with Crippen molar-refractivity contribution in [3.8, 4) is 0 Å². The molecule has 0 aliphatic rings. The Kier molecular flexibility index (Phi) is 3.16. The Bertz CT molecular complexity index is 464. The Morgan fingerprint density at radius 2 is 2.12 bits per heavy atom. The van der Waals surface area contributed by atoms with Crippen molar-refractivity contribution in [3.05, 3.63) is 46.4 Å². The summed E-state index contributed by atoms with van der Waals surface area (Å²) in [5, 5.41) is 5.56. The van der Waals surface area contributed by atoms with Gasteiger partial charge in [0.2, 0.25) is 0 Å². The van der Waals surface area contributed by atoms with E-state index in [4.69, 9.17) is 5.73 Å². The van der Waals surface area contributed by atoms with Crippen LogP contribution < -0.4 is 11.1 Å². The fraction of sp³-hybridized carbons (Fsp3) is 0.0909. The molecule has 0 bridgehead atoms. The predicted molar refractivity (Wildman–Crippen MR) is 64.1 cm³/mol. The van der Waals surface area contributed by atoms with Gasteiger partial charge in [-0.3, -0.25) is 4.79 Å². The number of amides is 1. The first-order valence-electron chi connectivity index (χ1n) is 4.78. The van der Waals surface area contributed by atoms with Crippen LogP contribution in [-0.2, 0) is 6.54 Å². The van der Waals surface area contributed by atoms with Gasteiger partial charge in [-0.1, -0.05) is 0 Å². The minimum absolute atomic E-state index is 0.116.